The molecular weight excluding hydrogens is 566 g/mol. The molecule has 0 bridgehead atoms. The third-order valence-electron chi connectivity index (χ3n) is 8.59. The summed E-state index contributed by atoms with van der Waals surface area (Å²) in [6, 6.07) is -4.27. The van der Waals surface area contributed by atoms with Gasteiger partial charge < -0.3 is 30.9 Å². The lowest BCUT2D eigenvalue weighted by atomic mass is 9.83. The second-order valence-electron chi connectivity index (χ2n) is 13.4. The smallest absolute Gasteiger partial charge is 0.328 e. The van der Waals surface area contributed by atoms with Gasteiger partial charge in [0.2, 0.25) is 17.6 Å². The summed E-state index contributed by atoms with van der Waals surface area (Å²) in [5, 5.41) is 10.7. The number of ketones is 1. The number of hydrogen-bond acceptors (Lipinski definition) is 7. The number of Topliss-reactive ketones (excluding diaryl/α,β-unsaturated/α-hetero) is 1. The molecule has 6 atom stereocenters. The average Bonchev–Trinajstić information content (AvgIpc) is 3.63. The summed E-state index contributed by atoms with van der Waals surface area (Å²) in [7, 11) is 0. The Labute approximate surface area is 260 Å². The number of hydrogen-bond donors (Lipinski definition) is 4. The molecule has 0 aromatic rings. The van der Waals surface area contributed by atoms with Gasteiger partial charge in [0.25, 0.3) is 5.91 Å². The van der Waals surface area contributed by atoms with E-state index in [0.29, 0.717) is 19.4 Å². The van der Waals surface area contributed by atoms with Gasteiger partial charge in [-0.25, -0.2) is 9.59 Å². The van der Waals surface area contributed by atoms with Gasteiger partial charge in [-0.2, -0.15) is 0 Å². The van der Waals surface area contributed by atoms with Gasteiger partial charge in [-0.1, -0.05) is 45.1 Å². The van der Waals surface area contributed by atoms with Crippen molar-refractivity contribution >= 4 is 35.5 Å². The molecule has 246 valence electrons. The lowest BCUT2D eigenvalue weighted by Crippen LogP contribution is -2.60. The zero-order chi connectivity index (χ0) is 32.6. The fraction of sp³-hybridized carbons (Fsp3) is 0.750. The van der Waals surface area contributed by atoms with Gasteiger partial charge in [-0.15, -0.1) is 6.58 Å². The highest BCUT2D eigenvalue weighted by Crippen LogP contribution is 2.50. The molecule has 0 spiro atoms. The van der Waals surface area contributed by atoms with Crippen LogP contribution in [-0.4, -0.2) is 83.3 Å². The van der Waals surface area contributed by atoms with Gasteiger partial charge in [0.1, 0.15) is 23.7 Å². The zero-order valence-electron chi connectivity index (χ0n) is 26.9. The first-order chi connectivity index (χ1) is 20.8. The number of likely N-dealkylation sites (tertiary alicyclic amines) is 1. The highest BCUT2D eigenvalue weighted by Gasteiger charge is 2.58. The summed E-state index contributed by atoms with van der Waals surface area (Å²) in [4.78, 5) is 80.3. The van der Waals surface area contributed by atoms with Crippen LogP contribution in [0.2, 0.25) is 0 Å². The number of unbranched alkanes of at least 4 members (excludes halogenated alkanes) is 1. The third kappa shape index (κ3) is 9.53. The molecule has 0 aromatic heterocycles. The second kappa shape index (κ2) is 15.5. The molecule has 3 fully saturated rings. The number of fused-ring (bicyclic) bond motifs is 1. The Bertz CT molecular complexity index is 1100. The van der Waals surface area contributed by atoms with Crippen molar-refractivity contribution in [1.82, 2.24) is 26.2 Å². The molecule has 4 unspecified atom stereocenters. The quantitative estimate of drug-likeness (QED) is 0.132. The van der Waals surface area contributed by atoms with Crippen LogP contribution in [0.4, 0.5) is 4.79 Å². The molecule has 2 saturated carbocycles. The Kier molecular flexibility index (Phi) is 12.4. The molecule has 44 heavy (non-hydrogen) atoms. The van der Waals surface area contributed by atoms with Gasteiger partial charge in [0.15, 0.2) is 0 Å². The highest BCUT2D eigenvalue weighted by atomic mass is 16.6. The number of carbonyl (C=O) groups is 6. The van der Waals surface area contributed by atoms with Gasteiger partial charge in [0, 0.05) is 13.1 Å². The van der Waals surface area contributed by atoms with Crippen LogP contribution in [0.1, 0.15) is 92.4 Å². The molecule has 5 amide bonds. The monoisotopic (exact) mass is 617 g/mol. The van der Waals surface area contributed by atoms with E-state index in [-0.39, 0.29) is 30.2 Å². The fourth-order valence-corrected chi connectivity index (χ4v) is 6.23. The molecule has 3 aliphatic rings. The van der Waals surface area contributed by atoms with Crippen LogP contribution < -0.4 is 21.3 Å². The number of esters is 1. The standard InChI is InChI=1S/C32H51N5O7/c1-7-9-15-23(26(38)28(40)33-16-8-2)35-27(39)25-22-17-21(22)18-37(25)29(41)24(20-13-11-10-12-14-20)36-31(43)34-19(3)30(42)44-32(4,5)6/h8,19-25H,2,7,9-18H2,1,3-6H3,(H,33,40)(H,35,39)(H2,34,36,43)/t19?,21-,22-,23?,24?,25?/m0/s1. The number of rotatable bonds is 14. The van der Waals surface area contributed by atoms with E-state index >= 15 is 0 Å². The first-order valence-corrected chi connectivity index (χ1v) is 16.1. The predicted octanol–water partition coefficient (Wildman–Crippen LogP) is 2.36. The van der Waals surface area contributed by atoms with Crippen LogP contribution >= 0.6 is 0 Å². The maximum absolute atomic E-state index is 14.2. The molecule has 12 heteroatoms. The number of piperidine rings is 1. The maximum atomic E-state index is 14.2. The molecule has 1 heterocycles. The molecule has 2 aliphatic carbocycles. The van der Waals surface area contributed by atoms with Crippen molar-refractivity contribution in [1.29, 1.82) is 0 Å². The lowest BCUT2D eigenvalue weighted by Gasteiger charge is -2.36. The summed E-state index contributed by atoms with van der Waals surface area (Å²) in [5.41, 5.74) is -0.716. The average molecular weight is 618 g/mol. The summed E-state index contributed by atoms with van der Waals surface area (Å²) >= 11 is 0. The SMILES string of the molecule is C=CCNC(=O)C(=O)C(CCCC)NC(=O)C1[C@H]2C[C@H]2CN1C(=O)C(NC(=O)NC(C)C(=O)OC(C)(C)C)C1CCCCC1. The highest BCUT2D eigenvalue weighted by molar-refractivity contribution is 6.38. The van der Waals surface area contributed by atoms with Gasteiger partial charge in [-0.3, -0.25) is 19.2 Å². The van der Waals surface area contributed by atoms with E-state index in [1.807, 2.05) is 6.92 Å². The van der Waals surface area contributed by atoms with Gasteiger partial charge >= 0.3 is 12.0 Å². The largest absolute Gasteiger partial charge is 0.458 e. The second-order valence-corrected chi connectivity index (χ2v) is 13.4. The van der Waals surface area contributed by atoms with Crippen molar-refractivity contribution in [3.63, 3.8) is 0 Å². The van der Waals surface area contributed by atoms with E-state index in [0.717, 1.165) is 44.9 Å². The van der Waals surface area contributed by atoms with E-state index in [9.17, 15) is 28.8 Å². The minimum Gasteiger partial charge on any atom is -0.458 e. The molecule has 12 nitrogen and oxygen atoms in total. The number of nitrogens with zero attached hydrogens (tertiary/aromatic N) is 1. The van der Waals surface area contributed by atoms with E-state index < -0.39 is 59.4 Å². The summed E-state index contributed by atoms with van der Waals surface area (Å²) in [5.74, 6) is -2.89. The number of urea groups is 1. The van der Waals surface area contributed by atoms with E-state index in [4.69, 9.17) is 4.74 Å². The Hall–Kier alpha value is -3.44. The lowest BCUT2D eigenvalue weighted by molar-refractivity contribution is -0.156. The Morgan fingerprint density at radius 1 is 1.02 bits per heavy atom. The third-order valence-corrected chi connectivity index (χ3v) is 8.59. The van der Waals surface area contributed by atoms with Crippen molar-refractivity contribution < 1.29 is 33.5 Å². The molecule has 0 aromatic carbocycles. The molecule has 1 aliphatic heterocycles. The van der Waals surface area contributed by atoms with Crippen molar-refractivity contribution in [2.75, 3.05) is 13.1 Å². The van der Waals surface area contributed by atoms with Crippen molar-refractivity contribution in [2.24, 2.45) is 17.8 Å². The summed E-state index contributed by atoms with van der Waals surface area (Å²) in [6.45, 7) is 12.7. The number of carbonyl (C=O) groups excluding carboxylic acids is 6. The fourth-order valence-electron chi connectivity index (χ4n) is 6.23. The number of nitrogens with one attached hydrogen (secondary N) is 4. The van der Waals surface area contributed by atoms with E-state index in [1.165, 1.54) is 13.0 Å². The molecular formula is C32H51N5O7. The minimum absolute atomic E-state index is 0.0384. The first kappa shape index (κ1) is 35.0. The molecule has 3 rings (SSSR count). The van der Waals surface area contributed by atoms with E-state index in [2.05, 4.69) is 27.8 Å². The van der Waals surface area contributed by atoms with Crippen LogP contribution in [0.3, 0.4) is 0 Å². The normalized spacial score (nSPS) is 23.3. The first-order valence-electron chi connectivity index (χ1n) is 16.1. The Morgan fingerprint density at radius 3 is 2.32 bits per heavy atom. The van der Waals surface area contributed by atoms with Crippen molar-refractivity contribution in [3.05, 3.63) is 12.7 Å². The van der Waals surface area contributed by atoms with Gasteiger partial charge in [0.05, 0.1) is 6.04 Å². The van der Waals surface area contributed by atoms with Crippen LogP contribution in [-0.2, 0) is 28.7 Å². The van der Waals surface area contributed by atoms with Crippen LogP contribution in [0, 0.1) is 17.8 Å². The number of ether oxygens (including phenoxy) is 1. The number of amides is 5. The Balaban J connectivity index is 1.75. The van der Waals surface area contributed by atoms with Crippen LogP contribution in [0.5, 0.6) is 0 Å². The zero-order valence-corrected chi connectivity index (χ0v) is 26.9. The van der Waals surface area contributed by atoms with Crippen molar-refractivity contribution in [2.45, 2.75) is 122 Å². The van der Waals surface area contributed by atoms with Crippen molar-refractivity contribution in [3.8, 4) is 0 Å². The molecule has 4 N–H and O–H groups in total. The topological polar surface area (TPSA) is 163 Å². The summed E-state index contributed by atoms with van der Waals surface area (Å²) < 4.78 is 5.36. The molecule has 0 radical (unpaired) electrons. The van der Waals surface area contributed by atoms with Crippen LogP contribution in [0.25, 0.3) is 0 Å². The molecule has 1 saturated heterocycles. The van der Waals surface area contributed by atoms with Crippen LogP contribution in [0.15, 0.2) is 12.7 Å². The summed E-state index contributed by atoms with van der Waals surface area (Å²) in [6.07, 6.45) is 8.38. The Morgan fingerprint density at radius 2 is 1.70 bits per heavy atom. The maximum Gasteiger partial charge on any atom is 0.328 e. The van der Waals surface area contributed by atoms with Gasteiger partial charge in [-0.05, 0) is 71.1 Å². The minimum atomic E-state index is -1.01. The predicted molar refractivity (Wildman–Crippen MR) is 164 cm³/mol. The van der Waals surface area contributed by atoms with E-state index in [1.54, 1.807) is 25.7 Å².